The quantitative estimate of drug-likeness (QED) is 0.656. The second-order valence-electron chi connectivity index (χ2n) is 5.08. The molecule has 0 aliphatic heterocycles. The number of rotatable bonds is 4. The van der Waals surface area contributed by atoms with Gasteiger partial charge in [0.25, 0.3) is 0 Å². The number of hydrogen-bond acceptors (Lipinski definition) is 4. The molecule has 3 rings (SSSR count). The Labute approximate surface area is 148 Å². The molecular weight excluding hydrogens is 351 g/mol. The number of hydrogen-bond donors (Lipinski definition) is 1. The van der Waals surface area contributed by atoms with Crippen LogP contribution in [0.4, 0.5) is 5.82 Å². The number of pyridine rings is 1. The van der Waals surface area contributed by atoms with E-state index in [0.29, 0.717) is 21.6 Å². The maximum Gasteiger partial charge on any atom is 0.166 e. The predicted molar refractivity (Wildman–Crippen MR) is 97.5 cm³/mol. The first-order valence-electron chi connectivity index (χ1n) is 6.91. The van der Waals surface area contributed by atoms with Crippen LogP contribution in [0.2, 0.25) is 10.0 Å². The fourth-order valence-corrected chi connectivity index (χ4v) is 3.50. The van der Waals surface area contributed by atoms with E-state index < -0.39 is 0 Å². The van der Waals surface area contributed by atoms with Crippen LogP contribution in [0.5, 0.6) is 5.75 Å². The van der Waals surface area contributed by atoms with E-state index in [2.05, 4.69) is 23.4 Å². The highest BCUT2D eigenvalue weighted by Crippen LogP contribution is 2.32. The molecule has 0 spiro atoms. The van der Waals surface area contributed by atoms with Crippen molar-refractivity contribution >= 4 is 40.4 Å². The van der Waals surface area contributed by atoms with Crippen molar-refractivity contribution < 1.29 is 4.74 Å². The van der Waals surface area contributed by atoms with Gasteiger partial charge >= 0.3 is 0 Å². The zero-order valence-corrected chi connectivity index (χ0v) is 14.7. The summed E-state index contributed by atoms with van der Waals surface area (Å²) in [5.74, 6) is 0.856. The van der Waals surface area contributed by atoms with Crippen LogP contribution < -0.4 is 10.5 Å². The Hall–Kier alpha value is -1.75. The topological polar surface area (TPSA) is 48.1 Å². The van der Waals surface area contributed by atoms with Crippen molar-refractivity contribution in [3.63, 3.8) is 0 Å². The summed E-state index contributed by atoms with van der Waals surface area (Å²) in [6.07, 6.45) is 1.75. The lowest BCUT2D eigenvalue weighted by molar-refractivity contribution is 0.307. The number of nitrogen functional groups attached to an aromatic ring is 1. The molecule has 0 aliphatic carbocycles. The smallest absolute Gasteiger partial charge is 0.166 e. The van der Waals surface area contributed by atoms with Crippen molar-refractivity contribution in [2.24, 2.45) is 0 Å². The average molecular weight is 365 g/mol. The summed E-state index contributed by atoms with van der Waals surface area (Å²) >= 11 is 14.0. The van der Waals surface area contributed by atoms with Crippen LogP contribution in [0.1, 0.15) is 11.1 Å². The summed E-state index contributed by atoms with van der Waals surface area (Å²) in [6, 6.07) is 9.34. The third-order valence-electron chi connectivity index (χ3n) is 3.33. The van der Waals surface area contributed by atoms with E-state index in [1.165, 1.54) is 5.56 Å². The third kappa shape index (κ3) is 3.61. The minimum absolute atomic E-state index is 0.233. The number of nitrogens with zero attached hydrogens (tertiary/aromatic N) is 1. The molecule has 0 aliphatic rings. The van der Waals surface area contributed by atoms with Crippen LogP contribution in [0, 0.1) is 6.92 Å². The van der Waals surface area contributed by atoms with Crippen LogP contribution in [0.3, 0.4) is 0 Å². The molecule has 6 heteroatoms. The predicted octanol–water partition coefficient (Wildman–Crippen LogP) is 5.59. The van der Waals surface area contributed by atoms with Gasteiger partial charge in [0.1, 0.15) is 6.61 Å². The summed E-state index contributed by atoms with van der Waals surface area (Å²) in [4.78, 5) is 5.34. The van der Waals surface area contributed by atoms with Gasteiger partial charge in [-0.1, -0.05) is 29.3 Å². The zero-order valence-electron chi connectivity index (χ0n) is 12.3. The highest BCUT2D eigenvalue weighted by Gasteiger charge is 2.10. The molecule has 0 bridgehead atoms. The van der Waals surface area contributed by atoms with Gasteiger partial charge in [-0.2, -0.15) is 0 Å². The van der Waals surface area contributed by atoms with E-state index in [0.717, 1.165) is 16.0 Å². The fourth-order valence-electron chi connectivity index (χ4n) is 2.11. The number of anilines is 1. The first-order chi connectivity index (χ1) is 11.0. The number of halogens is 2. The van der Waals surface area contributed by atoms with Gasteiger partial charge in [0, 0.05) is 32.2 Å². The Morgan fingerprint density at radius 3 is 2.61 bits per heavy atom. The highest BCUT2D eigenvalue weighted by atomic mass is 35.5. The minimum atomic E-state index is 0.233. The van der Waals surface area contributed by atoms with E-state index in [1.807, 2.05) is 6.07 Å². The summed E-state index contributed by atoms with van der Waals surface area (Å²) in [7, 11) is 0. The molecule has 0 amide bonds. The van der Waals surface area contributed by atoms with E-state index in [9.17, 15) is 0 Å². The molecule has 3 aromatic rings. The SMILES string of the molecule is Cc1csc(-c2cnc(N)c(OCc3c(Cl)cccc3Cl)c2)c1. The molecule has 23 heavy (non-hydrogen) atoms. The molecule has 2 heterocycles. The summed E-state index contributed by atoms with van der Waals surface area (Å²) in [6.45, 7) is 2.29. The Morgan fingerprint density at radius 1 is 1.22 bits per heavy atom. The first-order valence-corrected chi connectivity index (χ1v) is 8.55. The van der Waals surface area contributed by atoms with Crippen molar-refractivity contribution in [3.8, 4) is 16.2 Å². The number of aryl methyl sites for hydroxylation is 1. The Kier molecular flexibility index (Phi) is 4.76. The van der Waals surface area contributed by atoms with Gasteiger partial charge in [-0.15, -0.1) is 11.3 Å². The van der Waals surface area contributed by atoms with Gasteiger partial charge in [0.15, 0.2) is 11.6 Å². The van der Waals surface area contributed by atoms with Crippen LogP contribution in [0.25, 0.3) is 10.4 Å². The second kappa shape index (κ2) is 6.79. The molecule has 0 saturated carbocycles. The third-order valence-corrected chi connectivity index (χ3v) is 5.14. The largest absolute Gasteiger partial charge is 0.485 e. The van der Waals surface area contributed by atoms with Gasteiger partial charge < -0.3 is 10.5 Å². The second-order valence-corrected chi connectivity index (χ2v) is 6.81. The number of thiophene rings is 1. The van der Waals surface area contributed by atoms with Crippen molar-refractivity contribution in [1.82, 2.24) is 4.98 Å². The lowest BCUT2D eigenvalue weighted by Gasteiger charge is -2.11. The molecule has 0 unspecified atom stereocenters. The normalized spacial score (nSPS) is 10.7. The Morgan fingerprint density at radius 2 is 1.96 bits per heavy atom. The van der Waals surface area contributed by atoms with Crippen molar-refractivity contribution in [2.45, 2.75) is 13.5 Å². The number of benzene rings is 1. The van der Waals surface area contributed by atoms with E-state index >= 15 is 0 Å². The lowest BCUT2D eigenvalue weighted by Crippen LogP contribution is -2.02. The fraction of sp³-hybridized carbons (Fsp3) is 0.118. The van der Waals surface area contributed by atoms with E-state index in [-0.39, 0.29) is 6.61 Å². The van der Waals surface area contributed by atoms with Gasteiger partial charge in [0.2, 0.25) is 0 Å². The Bertz CT molecular complexity index is 828. The molecule has 0 radical (unpaired) electrons. The molecule has 3 nitrogen and oxygen atoms in total. The molecule has 2 aromatic heterocycles. The van der Waals surface area contributed by atoms with Crippen LogP contribution in [0.15, 0.2) is 41.9 Å². The van der Waals surface area contributed by atoms with Crippen LogP contribution in [-0.2, 0) is 6.61 Å². The summed E-state index contributed by atoms with van der Waals surface area (Å²) in [5, 5.41) is 3.22. The number of aromatic nitrogens is 1. The maximum absolute atomic E-state index is 6.16. The Balaban J connectivity index is 1.85. The maximum atomic E-state index is 6.16. The van der Waals surface area contributed by atoms with E-state index in [4.69, 9.17) is 33.7 Å². The van der Waals surface area contributed by atoms with Gasteiger partial charge in [0.05, 0.1) is 0 Å². The minimum Gasteiger partial charge on any atom is -0.485 e. The molecule has 1 aromatic carbocycles. The molecule has 0 saturated heterocycles. The van der Waals surface area contributed by atoms with Gasteiger partial charge in [-0.3, -0.25) is 0 Å². The lowest BCUT2D eigenvalue weighted by atomic mass is 10.2. The van der Waals surface area contributed by atoms with E-state index in [1.54, 1.807) is 35.7 Å². The van der Waals surface area contributed by atoms with Crippen molar-refractivity contribution in [1.29, 1.82) is 0 Å². The molecule has 0 fully saturated rings. The summed E-state index contributed by atoms with van der Waals surface area (Å²) < 4.78 is 5.80. The van der Waals surface area contributed by atoms with Crippen molar-refractivity contribution in [2.75, 3.05) is 5.73 Å². The molecule has 118 valence electrons. The first kappa shape index (κ1) is 16.1. The highest BCUT2D eigenvalue weighted by molar-refractivity contribution is 7.13. The summed E-state index contributed by atoms with van der Waals surface area (Å²) in [5.41, 5.74) is 8.83. The van der Waals surface area contributed by atoms with Crippen LogP contribution in [-0.4, -0.2) is 4.98 Å². The van der Waals surface area contributed by atoms with Gasteiger partial charge in [-0.05, 0) is 42.1 Å². The number of ether oxygens (including phenoxy) is 1. The zero-order chi connectivity index (χ0) is 16.4. The molecule has 0 atom stereocenters. The molecule has 2 N–H and O–H groups in total. The standard InChI is InChI=1S/C17H14Cl2N2OS/c1-10-5-16(23-9-10)11-6-15(17(20)21-7-11)22-8-12-13(18)3-2-4-14(12)19/h2-7,9H,8H2,1H3,(H2,20,21). The number of nitrogens with two attached hydrogens (primary N) is 1. The van der Waals surface area contributed by atoms with Gasteiger partial charge in [-0.25, -0.2) is 4.98 Å². The molecular formula is C17H14Cl2N2OS. The van der Waals surface area contributed by atoms with Crippen LogP contribution >= 0.6 is 34.5 Å². The average Bonchev–Trinajstić information content (AvgIpc) is 2.95. The van der Waals surface area contributed by atoms with Crippen molar-refractivity contribution in [3.05, 3.63) is 63.1 Å². The monoisotopic (exact) mass is 364 g/mol.